The van der Waals surface area contributed by atoms with E-state index in [0.29, 0.717) is 24.0 Å². The van der Waals surface area contributed by atoms with Gasteiger partial charge in [-0.25, -0.2) is 0 Å². The van der Waals surface area contributed by atoms with E-state index in [2.05, 4.69) is 6.58 Å². The number of hydrogen-bond acceptors (Lipinski definition) is 3. The topological polar surface area (TPSA) is 60.7 Å². The molecule has 2 aromatic rings. The van der Waals surface area contributed by atoms with Gasteiger partial charge in [-0.05, 0) is 55.2 Å². The van der Waals surface area contributed by atoms with Crippen LogP contribution in [0.5, 0.6) is 11.5 Å². The van der Waals surface area contributed by atoms with E-state index in [1.54, 1.807) is 37.3 Å². The summed E-state index contributed by atoms with van der Waals surface area (Å²) in [5.74, 6) is 0.225. The minimum Gasteiger partial charge on any atom is -0.507 e. The van der Waals surface area contributed by atoms with Crippen LogP contribution in [0.25, 0.3) is 11.1 Å². The molecule has 0 aliphatic carbocycles. The van der Waals surface area contributed by atoms with Crippen molar-refractivity contribution in [2.45, 2.75) is 25.9 Å². The van der Waals surface area contributed by atoms with Crippen molar-refractivity contribution in [3.8, 4) is 22.6 Å². The van der Waals surface area contributed by atoms with E-state index in [9.17, 15) is 15.3 Å². The third-order valence-electron chi connectivity index (χ3n) is 3.32. The zero-order valence-corrected chi connectivity index (χ0v) is 12.1. The number of rotatable bonds is 5. The first-order chi connectivity index (χ1) is 10.0. The molecule has 0 saturated carbocycles. The smallest absolute Gasteiger partial charge is 0.123 e. The Morgan fingerprint density at radius 2 is 1.52 bits per heavy atom. The van der Waals surface area contributed by atoms with Gasteiger partial charge in [-0.15, -0.1) is 6.58 Å². The number of phenolic OH excluding ortho intramolecular Hbond substituents is 2. The zero-order chi connectivity index (χ0) is 15.4. The summed E-state index contributed by atoms with van der Waals surface area (Å²) < 4.78 is 0. The summed E-state index contributed by atoms with van der Waals surface area (Å²) in [6, 6.07) is 10.5. The first kappa shape index (κ1) is 15.1. The summed E-state index contributed by atoms with van der Waals surface area (Å²) in [4.78, 5) is 0. The van der Waals surface area contributed by atoms with Crippen LogP contribution in [-0.2, 0) is 12.8 Å². The van der Waals surface area contributed by atoms with Gasteiger partial charge in [-0.3, -0.25) is 0 Å². The first-order valence-electron chi connectivity index (χ1n) is 6.94. The highest BCUT2D eigenvalue weighted by Gasteiger charge is 2.11. The van der Waals surface area contributed by atoms with Crippen LogP contribution < -0.4 is 0 Å². The van der Waals surface area contributed by atoms with Crippen LogP contribution in [0.3, 0.4) is 0 Å². The molecule has 2 rings (SSSR count). The molecule has 0 aliphatic heterocycles. The highest BCUT2D eigenvalue weighted by Crippen LogP contribution is 2.36. The van der Waals surface area contributed by atoms with E-state index < -0.39 is 6.10 Å². The number of hydrogen-bond donors (Lipinski definition) is 3. The molecule has 0 saturated heterocycles. The minimum atomic E-state index is -0.455. The average molecular weight is 284 g/mol. The second-order valence-corrected chi connectivity index (χ2v) is 5.25. The molecule has 0 heterocycles. The summed E-state index contributed by atoms with van der Waals surface area (Å²) >= 11 is 0. The Kier molecular flexibility index (Phi) is 4.66. The van der Waals surface area contributed by atoms with Crippen molar-refractivity contribution in [1.82, 2.24) is 0 Å². The Morgan fingerprint density at radius 1 is 1.00 bits per heavy atom. The zero-order valence-electron chi connectivity index (χ0n) is 12.1. The Bertz CT molecular complexity index is 645. The molecule has 0 bridgehead atoms. The molecule has 3 nitrogen and oxygen atoms in total. The van der Waals surface area contributed by atoms with Gasteiger partial charge < -0.3 is 15.3 Å². The first-order valence-corrected chi connectivity index (χ1v) is 6.94. The van der Waals surface area contributed by atoms with Crippen molar-refractivity contribution in [2.75, 3.05) is 0 Å². The predicted molar refractivity (Wildman–Crippen MR) is 84.5 cm³/mol. The second kappa shape index (κ2) is 6.46. The molecule has 1 atom stereocenters. The second-order valence-electron chi connectivity index (χ2n) is 5.25. The Labute approximate surface area is 124 Å². The maximum absolute atomic E-state index is 10.1. The van der Waals surface area contributed by atoms with Gasteiger partial charge in [0, 0.05) is 11.1 Å². The third-order valence-corrected chi connectivity index (χ3v) is 3.32. The highest BCUT2D eigenvalue weighted by molar-refractivity contribution is 5.76. The van der Waals surface area contributed by atoms with E-state index in [0.717, 1.165) is 11.1 Å². The molecule has 0 radical (unpaired) electrons. The van der Waals surface area contributed by atoms with E-state index in [4.69, 9.17) is 0 Å². The van der Waals surface area contributed by atoms with Crippen LogP contribution >= 0.6 is 0 Å². The largest absolute Gasteiger partial charge is 0.507 e. The highest BCUT2D eigenvalue weighted by atomic mass is 16.3. The van der Waals surface area contributed by atoms with Crippen molar-refractivity contribution in [3.05, 3.63) is 60.2 Å². The van der Waals surface area contributed by atoms with Gasteiger partial charge >= 0.3 is 0 Å². The number of allylic oxidation sites excluding steroid dienone is 1. The maximum atomic E-state index is 10.1. The van der Waals surface area contributed by atoms with Crippen LogP contribution in [0.1, 0.15) is 18.1 Å². The van der Waals surface area contributed by atoms with Crippen molar-refractivity contribution in [3.63, 3.8) is 0 Å². The Morgan fingerprint density at radius 3 is 2.05 bits per heavy atom. The van der Waals surface area contributed by atoms with Crippen molar-refractivity contribution in [1.29, 1.82) is 0 Å². The van der Waals surface area contributed by atoms with Crippen LogP contribution in [0, 0.1) is 0 Å². The molecule has 3 heteroatoms. The molecule has 0 spiro atoms. The van der Waals surface area contributed by atoms with Gasteiger partial charge in [0.15, 0.2) is 0 Å². The van der Waals surface area contributed by atoms with Crippen LogP contribution in [0.4, 0.5) is 0 Å². The molecule has 110 valence electrons. The fourth-order valence-electron chi connectivity index (χ4n) is 2.36. The SMILES string of the molecule is C=CCc1ccc(O)c(-c2cc(CC(C)O)ccc2O)c1. The van der Waals surface area contributed by atoms with E-state index >= 15 is 0 Å². The standard InChI is InChI=1S/C18H20O3/c1-3-4-13-5-7-17(20)15(10-13)16-11-14(9-12(2)19)6-8-18(16)21/h3,5-8,10-12,19-21H,1,4,9H2,2H3. The van der Waals surface area contributed by atoms with Crippen molar-refractivity contribution >= 4 is 0 Å². The molecule has 21 heavy (non-hydrogen) atoms. The summed E-state index contributed by atoms with van der Waals surface area (Å²) in [5.41, 5.74) is 3.07. The maximum Gasteiger partial charge on any atom is 0.123 e. The molecule has 0 aromatic heterocycles. The molecular formula is C18H20O3. The number of aromatic hydroxyl groups is 2. The fraction of sp³-hybridized carbons (Fsp3) is 0.222. The fourth-order valence-corrected chi connectivity index (χ4v) is 2.36. The molecule has 1 unspecified atom stereocenters. The van der Waals surface area contributed by atoms with E-state index in [1.807, 2.05) is 12.1 Å². The van der Waals surface area contributed by atoms with E-state index in [1.165, 1.54) is 0 Å². The van der Waals surface area contributed by atoms with Gasteiger partial charge in [0.05, 0.1) is 6.10 Å². The van der Waals surface area contributed by atoms with Gasteiger partial charge in [-0.2, -0.15) is 0 Å². The van der Waals surface area contributed by atoms with Gasteiger partial charge in [0.1, 0.15) is 11.5 Å². The quantitative estimate of drug-likeness (QED) is 0.737. The summed E-state index contributed by atoms with van der Waals surface area (Å²) in [6.07, 6.45) is 2.53. The number of aliphatic hydroxyl groups is 1. The van der Waals surface area contributed by atoms with E-state index in [-0.39, 0.29) is 11.5 Å². The van der Waals surface area contributed by atoms with Gasteiger partial charge in [0.25, 0.3) is 0 Å². The van der Waals surface area contributed by atoms with Gasteiger partial charge in [0.2, 0.25) is 0 Å². The summed E-state index contributed by atoms with van der Waals surface area (Å²) in [6.45, 7) is 5.42. The molecule has 0 amide bonds. The van der Waals surface area contributed by atoms with Gasteiger partial charge in [-0.1, -0.05) is 18.2 Å². The lowest BCUT2D eigenvalue weighted by Gasteiger charge is -2.12. The molecule has 3 N–H and O–H groups in total. The monoisotopic (exact) mass is 284 g/mol. The summed E-state index contributed by atoms with van der Waals surface area (Å²) in [5, 5.41) is 29.6. The molecule has 0 fully saturated rings. The Balaban J connectivity index is 2.49. The van der Waals surface area contributed by atoms with Crippen molar-refractivity contribution in [2.24, 2.45) is 0 Å². The lowest BCUT2D eigenvalue weighted by Crippen LogP contribution is -2.04. The summed E-state index contributed by atoms with van der Waals surface area (Å²) in [7, 11) is 0. The van der Waals surface area contributed by atoms with Crippen LogP contribution in [0.2, 0.25) is 0 Å². The average Bonchev–Trinajstić information content (AvgIpc) is 2.43. The van der Waals surface area contributed by atoms with Crippen molar-refractivity contribution < 1.29 is 15.3 Å². The number of phenols is 2. The van der Waals surface area contributed by atoms with Crippen LogP contribution in [-0.4, -0.2) is 21.4 Å². The lowest BCUT2D eigenvalue weighted by atomic mass is 9.96. The number of aliphatic hydroxyl groups excluding tert-OH is 1. The molecule has 0 aliphatic rings. The predicted octanol–water partition coefficient (Wildman–Crippen LogP) is 3.42. The molecular weight excluding hydrogens is 264 g/mol. The van der Waals surface area contributed by atoms with Crippen LogP contribution in [0.15, 0.2) is 49.1 Å². The lowest BCUT2D eigenvalue weighted by molar-refractivity contribution is 0.195. The number of benzene rings is 2. The normalized spacial score (nSPS) is 12.1. The molecule has 2 aromatic carbocycles. The third kappa shape index (κ3) is 3.64. The Hall–Kier alpha value is -2.26. The minimum absolute atomic E-state index is 0.107.